The number of aromatic amines is 1. The summed E-state index contributed by atoms with van der Waals surface area (Å²) in [6.45, 7) is 0.866. The highest BCUT2D eigenvalue weighted by Crippen LogP contribution is 2.17. The van der Waals surface area contributed by atoms with Crippen molar-refractivity contribution in [2.75, 3.05) is 11.9 Å². The van der Waals surface area contributed by atoms with Gasteiger partial charge in [0.05, 0.1) is 11.0 Å². The van der Waals surface area contributed by atoms with Crippen LogP contribution in [-0.4, -0.2) is 16.5 Å². The van der Waals surface area contributed by atoms with E-state index in [4.69, 9.17) is 0 Å². The monoisotopic (exact) mass is 315 g/mol. The van der Waals surface area contributed by atoms with E-state index in [9.17, 15) is 0 Å². The first-order valence-corrected chi connectivity index (χ1v) is 7.04. The van der Waals surface area contributed by atoms with Crippen LogP contribution in [0.15, 0.2) is 53.0 Å². The van der Waals surface area contributed by atoms with Gasteiger partial charge in [-0.25, -0.2) is 4.98 Å². The predicted octanol–water partition coefficient (Wildman–Crippen LogP) is 3.98. The van der Waals surface area contributed by atoms with Crippen LogP contribution in [0.4, 0.5) is 5.69 Å². The maximum Gasteiger partial charge on any atom is 0.108 e. The molecule has 0 saturated heterocycles. The summed E-state index contributed by atoms with van der Waals surface area (Å²) >= 11 is 3.46. The topological polar surface area (TPSA) is 40.7 Å². The van der Waals surface area contributed by atoms with Gasteiger partial charge in [-0.15, -0.1) is 0 Å². The standard InChI is InChI=1S/C15H14BrN3/c16-11-6-7-13-14(10-11)19-15(18-13)8-9-17-12-4-2-1-3-5-12/h1-7,10,17H,8-9H2,(H,18,19). The van der Waals surface area contributed by atoms with E-state index in [2.05, 4.69) is 49.4 Å². The number of nitrogens with one attached hydrogen (secondary N) is 2. The van der Waals surface area contributed by atoms with Gasteiger partial charge in [-0.05, 0) is 30.3 Å². The first-order valence-electron chi connectivity index (χ1n) is 6.24. The fraction of sp³-hybridized carbons (Fsp3) is 0.133. The molecule has 0 amide bonds. The van der Waals surface area contributed by atoms with Crippen molar-refractivity contribution in [2.24, 2.45) is 0 Å². The average Bonchev–Trinajstić information content (AvgIpc) is 2.82. The van der Waals surface area contributed by atoms with E-state index in [-0.39, 0.29) is 0 Å². The summed E-state index contributed by atoms with van der Waals surface area (Å²) in [6, 6.07) is 16.3. The van der Waals surface area contributed by atoms with Crippen molar-refractivity contribution in [1.29, 1.82) is 0 Å². The Bertz CT molecular complexity index is 676. The summed E-state index contributed by atoms with van der Waals surface area (Å²) in [5.74, 6) is 1.01. The van der Waals surface area contributed by atoms with E-state index in [0.29, 0.717) is 0 Å². The molecule has 3 aromatic rings. The van der Waals surface area contributed by atoms with Crippen molar-refractivity contribution < 1.29 is 0 Å². The van der Waals surface area contributed by atoms with E-state index in [1.54, 1.807) is 0 Å². The zero-order valence-corrected chi connectivity index (χ0v) is 11.9. The molecule has 0 aliphatic carbocycles. The maximum absolute atomic E-state index is 4.57. The van der Waals surface area contributed by atoms with Crippen molar-refractivity contribution in [3.05, 3.63) is 58.8 Å². The van der Waals surface area contributed by atoms with Crippen molar-refractivity contribution in [3.8, 4) is 0 Å². The van der Waals surface area contributed by atoms with Crippen LogP contribution in [0.3, 0.4) is 0 Å². The SMILES string of the molecule is Brc1ccc2nc(CCNc3ccccc3)[nH]c2c1. The van der Waals surface area contributed by atoms with Crippen LogP contribution in [0, 0.1) is 0 Å². The second kappa shape index (κ2) is 5.45. The van der Waals surface area contributed by atoms with Gasteiger partial charge in [0, 0.05) is 23.1 Å². The molecule has 0 atom stereocenters. The number of halogens is 1. The van der Waals surface area contributed by atoms with Gasteiger partial charge in [-0.3, -0.25) is 0 Å². The summed E-state index contributed by atoms with van der Waals surface area (Å²) in [4.78, 5) is 7.91. The highest BCUT2D eigenvalue weighted by atomic mass is 79.9. The molecule has 3 nitrogen and oxygen atoms in total. The lowest BCUT2D eigenvalue weighted by Crippen LogP contribution is -2.05. The third-order valence-electron chi connectivity index (χ3n) is 2.96. The molecule has 96 valence electrons. The van der Waals surface area contributed by atoms with Gasteiger partial charge >= 0.3 is 0 Å². The second-order valence-corrected chi connectivity index (χ2v) is 5.30. The Kier molecular flexibility index (Phi) is 3.51. The Balaban J connectivity index is 1.65. The predicted molar refractivity (Wildman–Crippen MR) is 82.4 cm³/mol. The Morgan fingerprint density at radius 1 is 1.11 bits per heavy atom. The van der Waals surface area contributed by atoms with Crippen LogP contribution in [-0.2, 0) is 6.42 Å². The summed E-state index contributed by atoms with van der Waals surface area (Å²) < 4.78 is 1.07. The molecule has 2 aromatic carbocycles. The molecule has 19 heavy (non-hydrogen) atoms. The van der Waals surface area contributed by atoms with Gasteiger partial charge in [0.2, 0.25) is 0 Å². The van der Waals surface area contributed by atoms with Crippen molar-refractivity contribution in [1.82, 2.24) is 9.97 Å². The minimum absolute atomic E-state index is 0.866. The van der Waals surface area contributed by atoms with Crippen LogP contribution in [0.5, 0.6) is 0 Å². The van der Waals surface area contributed by atoms with Crippen LogP contribution >= 0.6 is 15.9 Å². The number of imidazole rings is 1. The molecule has 0 saturated carbocycles. The highest BCUT2D eigenvalue weighted by Gasteiger charge is 2.02. The van der Waals surface area contributed by atoms with Crippen LogP contribution < -0.4 is 5.32 Å². The molecule has 0 aliphatic rings. The molecule has 3 rings (SSSR count). The summed E-state index contributed by atoms with van der Waals surface area (Å²) in [5, 5.41) is 3.38. The molecule has 0 fully saturated rings. The minimum Gasteiger partial charge on any atom is -0.385 e. The van der Waals surface area contributed by atoms with Crippen molar-refractivity contribution in [3.63, 3.8) is 0 Å². The number of para-hydroxylation sites is 1. The minimum atomic E-state index is 0.866. The molecule has 2 N–H and O–H groups in total. The van der Waals surface area contributed by atoms with Crippen LogP contribution in [0.1, 0.15) is 5.82 Å². The number of hydrogen-bond donors (Lipinski definition) is 2. The Morgan fingerprint density at radius 2 is 1.95 bits per heavy atom. The third kappa shape index (κ3) is 2.96. The quantitative estimate of drug-likeness (QED) is 0.764. The van der Waals surface area contributed by atoms with E-state index in [0.717, 1.165) is 40.0 Å². The van der Waals surface area contributed by atoms with Crippen molar-refractivity contribution >= 4 is 32.7 Å². The molecule has 0 radical (unpaired) electrons. The normalized spacial score (nSPS) is 10.8. The molecule has 4 heteroatoms. The Labute approximate surface area is 120 Å². The van der Waals surface area contributed by atoms with Crippen molar-refractivity contribution in [2.45, 2.75) is 6.42 Å². The number of H-pyrrole nitrogens is 1. The molecule has 0 bridgehead atoms. The Morgan fingerprint density at radius 3 is 2.79 bits per heavy atom. The lowest BCUT2D eigenvalue weighted by atomic mass is 10.3. The van der Waals surface area contributed by atoms with Gasteiger partial charge in [0.15, 0.2) is 0 Å². The van der Waals surface area contributed by atoms with E-state index >= 15 is 0 Å². The van der Waals surface area contributed by atoms with Gasteiger partial charge < -0.3 is 10.3 Å². The van der Waals surface area contributed by atoms with Crippen LogP contribution in [0.2, 0.25) is 0 Å². The van der Waals surface area contributed by atoms with E-state index in [1.807, 2.05) is 30.3 Å². The highest BCUT2D eigenvalue weighted by molar-refractivity contribution is 9.10. The molecule has 0 aliphatic heterocycles. The summed E-state index contributed by atoms with van der Waals surface area (Å²) in [7, 11) is 0. The summed E-state index contributed by atoms with van der Waals surface area (Å²) in [6.07, 6.45) is 0.876. The molecule has 1 aromatic heterocycles. The molecule has 0 unspecified atom stereocenters. The van der Waals surface area contributed by atoms with E-state index in [1.165, 1.54) is 0 Å². The second-order valence-electron chi connectivity index (χ2n) is 4.39. The number of nitrogens with zero attached hydrogens (tertiary/aromatic N) is 1. The van der Waals surface area contributed by atoms with Crippen LogP contribution in [0.25, 0.3) is 11.0 Å². The number of anilines is 1. The molecule has 0 spiro atoms. The number of hydrogen-bond acceptors (Lipinski definition) is 2. The van der Waals surface area contributed by atoms with E-state index < -0.39 is 0 Å². The number of aromatic nitrogens is 2. The number of benzene rings is 2. The first-order chi connectivity index (χ1) is 9.31. The third-order valence-corrected chi connectivity index (χ3v) is 3.45. The zero-order valence-electron chi connectivity index (χ0n) is 10.4. The average molecular weight is 316 g/mol. The van der Waals surface area contributed by atoms with Gasteiger partial charge in [-0.1, -0.05) is 34.1 Å². The lowest BCUT2D eigenvalue weighted by molar-refractivity contribution is 0.935. The maximum atomic E-state index is 4.57. The zero-order chi connectivity index (χ0) is 13.1. The molecule has 1 heterocycles. The molecular formula is C15H14BrN3. The first kappa shape index (κ1) is 12.2. The number of rotatable bonds is 4. The fourth-order valence-electron chi connectivity index (χ4n) is 2.03. The van der Waals surface area contributed by atoms with Gasteiger partial charge in [0.25, 0.3) is 0 Å². The van der Waals surface area contributed by atoms with Gasteiger partial charge in [-0.2, -0.15) is 0 Å². The fourth-order valence-corrected chi connectivity index (χ4v) is 2.40. The molecular weight excluding hydrogens is 302 g/mol. The smallest absolute Gasteiger partial charge is 0.108 e. The largest absolute Gasteiger partial charge is 0.385 e. The van der Waals surface area contributed by atoms with Gasteiger partial charge in [0.1, 0.15) is 5.82 Å². The lowest BCUT2D eigenvalue weighted by Gasteiger charge is -2.03. The number of fused-ring (bicyclic) bond motifs is 1. The summed E-state index contributed by atoms with van der Waals surface area (Å²) in [5.41, 5.74) is 3.23. The Hall–Kier alpha value is -1.81.